The lowest BCUT2D eigenvalue weighted by Gasteiger charge is -2.17. The monoisotopic (exact) mass is 282 g/mol. The van der Waals surface area contributed by atoms with Gasteiger partial charge in [-0.2, -0.15) is 0 Å². The van der Waals surface area contributed by atoms with E-state index in [0.29, 0.717) is 11.4 Å². The average Bonchev–Trinajstić information content (AvgIpc) is 2.85. The third-order valence-corrected chi connectivity index (χ3v) is 5.45. The molecule has 106 valence electrons. The van der Waals surface area contributed by atoms with Crippen LogP contribution in [-0.2, 0) is 23.1 Å². The Morgan fingerprint density at radius 3 is 2.68 bits per heavy atom. The van der Waals surface area contributed by atoms with E-state index in [1.807, 2.05) is 6.07 Å². The fraction of sp³-hybridized carbons (Fsp3) is 0.571. The van der Waals surface area contributed by atoms with Crippen molar-refractivity contribution in [2.45, 2.75) is 44.2 Å². The van der Waals surface area contributed by atoms with Crippen molar-refractivity contribution in [2.24, 2.45) is 0 Å². The van der Waals surface area contributed by atoms with Crippen LogP contribution in [0, 0.1) is 0 Å². The lowest BCUT2D eigenvalue weighted by molar-refractivity contribution is 0.454. The van der Waals surface area contributed by atoms with Crippen molar-refractivity contribution >= 4 is 10.0 Å². The van der Waals surface area contributed by atoms with Crippen LogP contribution in [0.3, 0.4) is 0 Å². The molecule has 1 heterocycles. The van der Waals surface area contributed by atoms with Crippen LogP contribution < -0.4 is 5.32 Å². The normalized spacial score (nSPS) is 14.9. The summed E-state index contributed by atoms with van der Waals surface area (Å²) in [6, 6.07) is 5.45. The highest BCUT2D eigenvalue weighted by Crippen LogP contribution is 2.22. The molecule has 0 radical (unpaired) electrons. The van der Waals surface area contributed by atoms with Gasteiger partial charge in [0, 0.05) is 26.7 Å². The SMILES string of the molecule is CCCCCN(C)S(=O)(=O)c1ccc2c(c1)CNC2. The van der Waals surface area contributed by atoms with Gasteiger partial charge in [0.1, 0.15) is 0 Å². The number of sulfonamides is 1. The quantitative estimate of drug-likeness (QED) is 0.813. The summed E-state index contributed by atoms with van der Waals surface area (Å²) in [5, 5.41) is 3.23. The number of nitrogens with zero attached hydrogens (tertiary/aromatic N) is 1. The molecule has 0 aromatic heterocycles. The highest BCUT2D eigenvalue weighted by Gasteiger charge is 2.22. The molecule has 2 rings (SSSR count). The molecular formula is C14H22N2O2S. The van der Waals surface area contributed by atoms with E-state index < -0.39 is 10.0 Å². The first-order valence-electron chi connectivity index (χ1n) is 6.84. The molecular weight excluding hydrogens is 260 g/mol. The minimum Gasteiger partial charge on any atom is -0.309 e. The smallest absolute Gasteiger partial charge is 0.242 e. The highest BCUT2D eigenvalue weighted by molar-refractivity contribution is 7.89. The number of unbranched alkanes of at least 4 members (excludes halogenated alkanes) is 2. The Labute approximate surface area is 115 Å². The number of rotatable bonds is 6. The van der Waals surface area contributed by atoms with Crippen LogP contribution in [0.25, 0.3) is 0 Å². The van der Waals surface area contributed by atoms with E-state index in [4.69, 9.17) is 0 Å². The molecule has 1 aliphatic rings. The molecule has 0 fully saturated rings. The Bertz CT molecular complexity index is 540. The minimum absolute atomic E-state index is 0.411. The summed E-state index contributed by atoms with van der Waals surface area (Å²) in [6.45, 7) is 4.30. The van der Waals surface area contributed by atoms with Crippen molar-refractivity contribution in [2.75, 3.05) is 13.6 Å². The third-order valence-electron chi connectivity index (χ3n) is 3.59. The second kappa shape index (κ2) is 6.03. The molecule has 0 spiro atoms. The second-order valence-corrected chi connectivity index (χ2v) is 7.11. The zero-order valence-corrected chi connectivity index (χ0v) is 12.5. The molecule has 0 saturated carbocycles. The van der Waals surface area contributed by atoms with Crippen molar-refractivity contribution in [3.8, 4) is 0 Å². The molecule has 0 amide bonds. The molecule has 0 aliphatic carbocycles. The van der Waals surface area contributed by atoms with E-state index in [1.54, 1.807) is 19.2 Å². The van der Waals surface area contributed by atoms with Crippen molar-refractivity contribution in [3.05, 3.63) is 29.3 Å². The van der Waals surface area contributed by atoms with Crippen molar-refractivity contribution in [3.63, 3.8) is 0 Å². The lowest BCUT2D eigenvalue weighted by Crippen LogP contribution is -2.28. The van der Waals surface area contributed by atoms with Gasteiger partial charge in [0.05, 0.1) is 4.90 Å². The van der Waals surface area contributed by atoms with Gasteiger partial charge in [-0.05, 0) is 29.7 Å². The maximum absolute atomic E-state index is 12.4. The number of benzene rings is 1. The van der Waals surface area contributed by atoms with Gasteiger partial charge in [-0.3, -0.25) is 0 Å². The first-order valence-corrected chi connectivity index (χ1v) is 8.28. The summed E-state index contributed by atoms with van der Waals surface area (Å²) in [5.41, 5.74) is 2.30. The van der Waals surface area contributed by atoms with Crippen LogP contribution in [-0.4, -0.2) is 26.3 Å². The van der Waals surface area contributed by atoms with E-state index >= 15 is 0 Å². The van der Waals surface area contributed by atoms with Gasteiger partial charge in [-0.1, -0.05) is 25.8 Å². The summed E-state index contributed by atoms with van der Waals surface area (Å²) in [5.74, 6) is 0. The largest absolute Gasteiger partial charge is 0.309 e. The van der Waals surface area contributed by atoms with E-state index in [1.165, 1.54) is 9.87 Å². The zero-order chi connectivity index (χ0) is 13.9. The highest BCUT2D eigenvalue weighted by atomic mass is 32.2. The zero-order valence-electron chi connectivity index (χ0n) is 11.6. The Kier molecular flexibility index (Phi) is 4.60. The predicted octanol–water partition coefficient (Wildman–Crippen LogP) is 2.10. The van der Waals surface area contributed by atoms with Crippen LogP contribution in [0.15, 0.2) is 23.1 Å². The van der Waals surface area contributed by atoms with Crippen LogP contribution in [0.5, 0.6) is 0 Å². The fourth-order valence-electron chi connectivity index (χ4n) is 2.32. The number of hydrogen-bond donors (Lipinski definition) is 1. The Hall–Kier alpha value is -0.910. The van der Waals surface area contributed by atoms with E-state index in [9.17, 15) is 8.42 Å². The molecule has 0 atom stereocenters. The molecule has 0 bridgehead atoms. The molecule has 0 saturated heterocycles. The van der Waals surface area contributed by atoms with Crippen molar-refractivity contribution in [1.29, 1.82) is 0 Å². The van der Waals surface area contributed by atoms with Gasteiger partial charge >= 0.3 is 0 Å². The first kappa shape index (κ1) is 14.5. The predicted molar refractivity (Wildman–Crippen MR) is 76.3 cm³/mol. The summed E-state index contributed by atoms with van der Waals surface area (Å²) < 4.78 is 26.3. The number of fused-ring (bicyclic) bond motifs is 1. The van der Waals surface area contributed by atoms with Crippen LogP contribution >= 0.6 is 0 Å². The Morgan fingerprint density at radius 1 is 1.21 bits per heavy atom. The van der Waals surface area contributed by atoms with Crippen molar-refractivity contribution in [1.82, 2.24) is 9.62 Å². The molecule has 1 N–H and O–H groups in total. The molecule has 1 aromatic rings. The molecule has 1 aromatic carbocycles. The number of nitrogens with one attached hydrogen (secondary N) is 1. The molecule has 19 heavy (non-hydrogen) atoms. The molecule has 5 heteroatoms. The summed E-state index contributed by atoms with van der Waals surface area (Å²) in [6.07, 6.45) is 3.07. The lowest BCUT2D eigenvalue weighted by atomic mass is 10.1. The van der Waals surface area contributed by atoms with E-state index in [2.05, 4.69) is 12.2 Å². The maximum Gasteiger partial charge on any atom is 0.242 e. The Morgan fingerprint density at radius 2 is 1.95 bits per heavy atom. The maximum atomic E-state index is 12.4. The summed E-state index contributed by atoms with van der Waals surface area (Å²) >= 11 is 0. The third kappa shape index (κ3) is 3.16. The standard InChI is InChI=1S/C14H22N2O2S/c1-3-4-5-8-16(2)19(17,18)14-7-6-12-10-15-11-13(12)9-14/h6-7,9,15H,3-5,8,10-11H2,1-2H3. The van der Waals surface area contributed by atoms with Gasteiger partial charge in [0.2, 0.25) is 10.0 Å². The van der Waals surface area contributed by atoms with Crippen LogP contribution in [0.1, 0.15) is 37.3 Å². The fourth-order valence-corrected chi connectivity index (χ4v) is 3.58. The van der Waals surface area contributed by atoms with Gasteiger partial charge < -0.3 is 5.32 Å². The molecule has 0 unspecified atom stereocenters. The van der Waals surface area contributed by atoms with Gasteiger partial charge in [-0.25, -0.2) is 12.7 Å². The summed E-state index contributed by atoms with van der Waals surface area (Å²) in [4.78, 5) is 0.411. The molecule has 1 aliphatic heterocycles. The van der Waals surface area contributed by atoms with Crippen LogP contribution in [0.2, 0.25) is 0 Å². The molecule has 4 nitrogen and oxygen atoms in total. The Balaban J connectivity index is 2.15. The van der Waals surface area contributed by atoms with E-state index in [-0.39, 0.29) is 0 Å². The second-order valence-electron chi connectivity index (χ2n) is 5.07. The van der Waals surface area contributed by atoms with Gasteiger partial charge in [0.25, 0.3) is 0 Å². The summed E-state index contributed by atoms with van der Waals surface area (Å²) in [7, 11) is -1.67. The van der Waals surface area contributed by atoms with Gasteiger partial charge in [0.15, 0.2) is 0 Å². The minimum atomic E-state index is -3.34. The number of hydrogen-bond acceptors (Lipinski definition) is 3. The average molecular weight is 282 g/mol. The van der Waals surface area contributed by atoms with Crippen molar-refractivity contribution < 1.29 is 8.42 Å². The topological polar surface area (TPSA) is 49.4 Å². The van der Waals surface area contributed by atoms with E-state index in [0.717, 1.165) is 37.9 Å². The first-order chi connectivity index (χ1) is 9.05. The van der Waals surface area contributed by atoms with Gasteiger partial charge in [-0.15, -0.1) is 0 Å². The van der Waals surface area contributed by atoms with Crippen LogP contribution in [0.4, 0.5) is 0 Å².